The summed E-state index contributed by atoms with van der Waals surface area (Å²) in [5, 5.41) is 0.503. The molecule has 0 aliphatic rings. The van der Waals surface area contributed by atoms with Gasteiger partial charge in [-0.1, -0.05) is 11.6 Å². The zero-order valence-corrected chi connectivity index (χ0v) is 14.7. The van der Waals surface area contributed by atoms with Crippen LogP contribution in [0.3, 0.4) is 0 Å². The van der Waals surface area contributed by atoms with Gasteiger partial charge in [-0.3, -0.25) is 4.79 Å². The van der Waals surface area contributed by atoms with Gasteiger partial charge in [0, 0.05) is 0 Å². The molecule has 0 spiro atoms. The molecule has 21 heavy (non-hydrogen) atoms. The maximum absolute atomic E-state index is 12.6. The van der Waals surface area contributed by atoms with Crippen LogP contribution in [-0.2, 0) is 0 Å². The van der Waals surface area contributed by atoms with E-state index >= 15 is 0 Å². The maximum Gasteiger partial charge on any atom is 0.206 e. The lowest BCUT2D eigenvalue weighted by atomic mass is 10.1. The molecule has 0 fully saturated rings. The Kier molecular flexibility index (Phi) is 5.13. The number of ether oxygens (including phenoxy) is 3. The number of rotatable bonds is 5. The van der Waals surface area contributed by atoms with Gasteiger partial charge in [0.2, 0.25) is 11.5 Å². The van der Waals surface area contributed by atoms with Crippen molar-refractivity contribution in [3.63, 3.8) is 0 Å². The van der Waals surface area contributed by atoms with Crippen molar-refractivity contribution in [2.75, 3.05) is 21.3 Å². The van der Waals surface area contributed by atoms with E-state index in [1.165, 1.54) is 32.7 Å². The quantitative estimate of drug-likeness (QED) is 0.708. The summed E-state index contributed by atoms with van der Waals surface area (Å²) in [6, 6.07) is 4.93. The first-order chi connectivity index (χ1) is 10.0. The molecule has 2 rings (SSSR count). The summed E-state index contributed by atoms with van der Waals surface area (Å²) in [5.41, 5.74) is 0.389. The molecule has 2 aromatic rings. The van der Waals surface area contributed by atoms with Crippen LogP contribution >= 0.6 is 38.9 Å². The third-order valence-electron chi connectivity index (χ3n) is 2.82. The van der Waals surface area contributed by atoms with Gasteiger partial charge in [0.1, 0.15) is 0 Å². The molecular weight excluding hydrogens is 380 g/mol. The number of methoxy groups -OCH3 is 3. The number of hydrogen-bond acceptors (Lipinski definition) is 5. The minimum atomic E-state index is -0.189. The Morgan fingerprint density at radius 1 is 1.14 bits per heavy atom. The van der Waals surface area contributed by atoms with Crippen LogP contribution in [0.1, 0.15) is 15.2 Å². The van der Waals surface area contributed by atoms with Gasteiger partial charge in [-0.25, -0.2) is 0 Å². The maximum atomic E-state index is 12.6. The van der Waals surface area contributed by atoms with Crippen molar-refractivity contribution in [3.8, 4) is 17.2 Å². The van der Waals surface area contributed by atoms with Crippen molar-refractivity contribution in [1.29, 1.82) is 0 Å². The van der Waals surface area contributed by atoms with Crippen LogP contribution in [0.2, 0.25) is 5.02 Å². The SMILES string of the molecule is COc1ccc(C(=O)c2cc(Cl)c(Br)s2)c(OC)c1OC. The Hall–Kier alpha value is -1.24. The van der Waals surface area contributed by atoms with Crippen LogP contribution in [0.25, 0.3) is 0 Å². The highest BCUT2D eigenvalue weighted by molar-refractivity contribution is 9.11. The molecule has 1 aromatic carbocycles. The average Bonchev–Trinajstić information content (AvgIpc) is 2.84. The summed E-state index contributed by atoms with van der Waals surface area (Å²) in [5.74, 6) is 1.02. The Morgan fingerprint density at radius 3 is 2.29 bits per heavy atom. The minimum Gasteiger partial charge on any atom is -0.493 e. The summed E-state index contributed by atoms with van der Waals surface area (Å²) < 4.78 is 16.5. The number of benzene rings is 1. The van der Waals surface area contributed by atoms with Crippen molar-refractivity contribution in [3.05, 3.63) is 37.4 Å². The highest BCUT2D eigenvalue weighted by Gasteiger charge is 2.23. The second-order valence-corrected chi connectivity index (χ2v) is 6.72. The first kappa shape index (κ1) is 16.1. The topological polar surface area (TPSA) is 44.8 Å². The molecule has 0 N–H and O–H groups in total. The molecule has 4 nitrogen and oxygen atoms in total. The molecule has 0 atom stereocenters. The predicted octanol–water partition coefficient (Wildman–Crippen LogP) is 4.42. The van der Waals surface area contributed by atoms with E-state index in [4.69, 9.17) is 25.8 Å². The van der Waals surface area contributed by atoms with Gasteiger partial charge in [0.05, 0.1) is 40.6 Å². The van der Waals surface area contributed by atoms with Crippen LogP contribution < -0.4 is 14.2 Å². The molecule has 112 valence electrons. The molecule has 0 bridgehead atoms. The standard InChI is InChI=1S/C14H12BrClO4S/c1-18-9-5-4-7(12(19-2)13(9)20-3)11(17)10-6-8(16)14(15)21-10/h4-6H,1-3H3. The van der Waals surface area contributed by atoms with Gasteiger partial charge < -0.3 is 14.2 Å². The van der Waals surface area contributed by atoms with Crippen LogP contribution in [0.4, 0.5) is 0 Å². The van der Waals surface area contributed by atoms with Crippen molar-refractivity contribution in [2.24, 2.45) is 0 Å². The fraction of sp³-hybridized carbons (Fsp3) is 0.214. The fourth-order valence-corrected chi connectivity index (χ4v) is 3.53. The molecule has 0 radical (unpaired) electrons. The highest BCUT2D eigenvalue weighted by Crippen LogP contribution is 2.42. The number of thiophene rings is 1. The number of hydrogen-bond donors (Lipinski definition) is 0. The lowest BCUT2D eigenvalue weighted by molar-refractivity contribution is 0.103. The van der Waals surface area contributed by atoms with E-state index in [9.17, 15) is 4.79 Å². The average molecular weight is 392 g/mol. The highest BCUT2D eigenvalue weighted by atomic mass is 79.9. The molecule has 0 saturated carbocycles. The molecular formula is C14H12BrClO4S. The smallest absolute Gasteiger partial charge is 0.206 e. The van der Waals surface area contributed by atoms with E-state index in [1.54, 1.807) is 18.2 Å². The Bertz CT molecular complexity index is 664. The van der Waals surface area contributed by atoms with Crippen LogP contribution in [0.15, 0.2) is 22.0 Å². The number of ketones is 1. The van der Waals surface area contributed by atoms with Crippen molar-refractivity contribution >= 4 is 44.7 Å². The van der Waals surface area contributed by atoms with Gasteiger partial charge >= 0.3 is 0 Å². The van der Waals surface area contributed by atoms with Gasteiger partial charge in [-0.15, -0.1) is 11.3 Å². The summed E-state index contributed by atoms with van der Waals surface area (Å²) in [4.78, 5) is 13.1. The Labute approximate surface area is 139 Å². The number of halogens is 2. The normalized spacial score (nSPS) is 10.3. The Balaban J connectivity index is 2.55. The molecule has 7 heteroatoms. The van der Waals surface area contributed by atoms with E-state index in [0.29, 0.717) is 36.5 Å². The zero-order valence-electron chi connectivity index (χ0n) is 11.5. The molecule has 0 aliphatic heterocycles. The molecule has 0 unspecified atom stereocenters. The van der Waals surface area contributed by atoms with Crippen molar-refractivity contribution < 1.29 is 19.0 Å². The lowest BCUT2D eigenvalue weighted by Crippen LogP contribution is -2.04. The van der Waals surface area contributed by atoms with Crippen LogP contribution in [0.5, 0.6) is 17.2 Å². The molecule has 1 heterocycles. The van der Waals surface area contributed by atoms with E-state index in [-0.39, 0.29) is 5.78 Å². The Morgan fingerprint density at radius 2 is 1.81 bits per heavy atom. The summed E-state index contributed by atoms with van der Waals surface area (Å²) in [6.07, 6.45) is 0. The number of carbonyl (C=O) groups excluding carboxylic acids is 1. The van der Waals surface area contributed by atoms with Gasteiger partial charge in [0.25, 0.3) is 0 Å². The van der Waals surface area contributed by atoms with Crippen LogP contribution in [0, 0.1) is 0 Å². The molecule has 1 aromatic heterocycles. The lowest BCUT2D eigenvalue weighted by Gasteiger charge is -2.14. The van der Waals surface area contributed by atoms with E-state index in [1.807, 2.05) is 0 Å². The van der Waals surface area contributed by atoms with Crippen molar-refractivity contribution in [1.82, 2.24) is 0 Å². The second-order valence-electron chi connectivity index (χ2n) is 3.94. The third kappa shape index (κ3) is 3.02. The monoisotopic (exact) mass is 390 g/mol. The predicted molar refractivity (Wildman–Crippen MR) is 86.6 cm³/mol. The van der Waals surface area contributed by atoms with E-state index in [0.717, 1.165) is 0 Å². The first-order valence-corrected chi connectivity index (χ1v) is 7.80. The first-order valence-electron chi connectivity index (χ1n) is 5.82. The minimum absolute atomic E-state index is 0.189. The van der Waals surface area contributed by atoms with Crippen molar-refractivity contribution in [2.45, 2.75) is 0 Å². The number of carbonyl (C=O) groups is 1. The summed E-state index contributed by atoms with van der Waals surface area (Å²) in [7, 11) is 4.49. The molecule has 0 aliphatic carbocycles. The zero-order chi connectivity index (χ0) is 15.6. The molecule has 0 amide bonds. The van der Waals surface area contributed by atoms with E-state index in [2.05, 4.69) is 15.9 Å². The van der Waals surface area contributed by atoms with Gasteiger partial charge in [-0.05, 0) is 34.1 Å². The van der Waals surface area contributed by atoms with Gasteiger partial charge in [0.15, 0.2) is 11.5 Å². The summed E-state index contributed by atoms with van der Waals surface area (Å²) >= 11 is 10.5. The van der Waals surface area contributed by atoms with E-state index < -0.39 is 0 Å². The second kappa shape index (κ2) is 6.68. The molecule has 0 saturated heterocycles. The third-order valence-corrected chi connectivity index (χ3v) is 5.29. The largest absolute Gasteiger partial charge is 0.493 e. The summed E-state index contributed by atoms with van der Waals surface area (Å²) in [6.45, 7) is 0. The fourth-order valence-electron chi connectivity index (χ4n) is 1.87. The van der Waals surface area contributed by atoms with Crippen LogP contribution in [-0.4, -0.2) is 27.1 Å². The van der Waals surface area contributed by atoms with Gasteiger partial charge in [-0.2, -0.15) is 0 Å².